The van der Waals surface area contributed by atoms with E-state index in [1.807, 2.05) is 16.8 Å². The molecular weight excluding hydrogens is 510 g/mol. The molecule has 1 aliphatic carbocycles. The number of hydrogen-bond acceptors (Lipinski definition) is 6. The highest BCUT2D eigenvalue weighted by Gasteiger charge is 2.34. The van der Waals surface area contributed by atoms with Crippen molar-refractivity contribution in [3.05, 3.63) is 52.3 Å². The maximum absolute atomic E-state index is 14.0. The molecule has 1 N–H and O–H groups in total. The first kappa shape index (κ1) is 26.0. The lowest BCUT2D eigenvalue weighted by molar-refractivity contribution is 0.0879. The molecule has 3 heterocycles. The van der Waals surface area contributed by atoms with Gasteiger partial charge in [-0.2, -0.15) is 5.10 Å². The SMILES string of the molecule is Cc1cn2nc(C3CCCCCC[C@@H]3C(=O)c3ccc(Cl)cc3NS(C)(=O)=O)cc2nc1N1CCCC1. The summed E-state index contributed by atoms with van der Waals surface area (Å²) in [5.41, 5.74) is 3.33. The van der Waals surface area contributed by atoms with Gasteiger partial charge in [0.2, 0.25) is 10.0 Å². The Hall–Kier alpha value is -2.65. The number of benzene rings is 1. The van der Waals surface area contributed by atoms with Crippen molar-refractivity contribution in [1.82, 2.24) is 14.6 Å². The first-order valence-electron chi connectivity index (χ1n) is 13.1. The first-order valence-corrected chi connectivity index (χ1v) is 15.4. The van der Waals surface area contributed by atoms with Crippen LogP contribution in [0.4, 0.5) is 11.5 Å². The van der Waals surface area contributed by atoms with E-state index < -0.39 is 10.0 Å². The van der Waals surface area contributed by atoms with Gasteiger partial charge in [-0.25, -0.2) is 17.9 Å². The minimum absolute atomic E-state index is 0.0753. The van der Waals surface area contributed by atoms with Gasteiger partial charge in [0.15, 0.2) is 11.4 Å². The van der Waals surface area contributed by atoms with Gasteiger partial charge < -0.3 is 4.90 Å². The molecule has 0 bridgehead atoms. The summed E-state index contributed by atoms with van der Waals surface area (Å²) in [7, 11) is -3.58. The van der Waals surface area contributed by atoms with E-state index in [0.29, 0.717) is 10.6 Å². The molecule has 5 rings (SSSR count). The number of Topliss-reactive ketones (excluding diaryl/α,β-unsaturated/α-hetero) is 1. The van der Waals surface area contributed by atoms with Gasteiger partial charge in [0.1, 0.15) is 5.82 Å². The Balaban J connectivity index is 1.52. The van der Waals surface area contributed by atoms with Crippen LogP contribution in [0.1, 0.15) is 78.9 Å². The molecule has 8 nitrogen and oxygen atoms in total. The number of sulfonamides is 1. The zero-order chi connectivity index (χ0) is 26.2. The number of fused-ring (bicyclic) bond motifs is 1. The summed E-state index contributed by atoms with van der Waals surface area (Å²) in [4.78, 5) is 21.3. The van der Waals surface area contributed by atoms with Crippen LogP contribution in [0.3, 0.4) is 0 Å². The third-order valence-electron chi connectivity index (χ3n) is 7.55. The molecule has 2 aromatic heterocycles. The van der Waals surface area contributed by atoms with Crippen molar-refractivity contribution in [2.45, 2.75) is 64.2 Å². The van der Waals surface area contributed by atoms with Gasteiger partial charge in [0.05, 0.1) is 17.6 Å². The van der Waals surface area contributed by atoms with Gasteiger partial charge in [-0.1, -0.05) is 37.3 Å². The minimum Gasteiger partial charge on any atom is -0.356 e. The standard InChI is InChI=1S/C27H34ClN5O3S/c1-18-17-33-25(29-27(18)32-13-7-8-14-32)16-23(30-33)20-9-5-3-4-6-10-21(20)26(34)22-12-11-19(28)15-24(22)31-37(2,35)36/h11-12,15-17,20-21,31H,3-10,13-14H2,1-2H3/t20?,21-/m0/s1. The molecule has 1 aliphatic heterocycles. The van der Waals surface area contributed by atoms with Gasteiger partial charge in [0, 0.05) is 53.3 Å². The molecule has 1 unspecified atom stereocenters. The number of aromatic nitrogens is 3. The highest BCUT2D eigenvalue weighted by molar-refractivity contribution is 7.92. The Kier molecular flexibility index (Phi) is 7.45. The second kappa shape index (κ2) is 10.6. The zero-order valence-corrected chi connectivity index (χ0v) is 23.0. The van der Waals surface area contributed by atoms with E-state index in [1.54, 1.807) is 12.1 Å². The molecule has 37 heavy (non-hydrogen) atoms. The number of nitrogens with one attached hydrogen (secondary N) is 1. The molecule has 1 saturated heterocycles. The fraction of sp³-hybridized carbons (Fsp3) is 0.519. The number of nitrogens with zero attached hydrogens (tertiary/aromatic N) is 4. The Morgan fingerprint density at radius 1 is 1.05 bits per heavy atom. The summed E-state index contributed by atoms with van der Waals surface area (Å²) in [6.07, 6.45) is 11.2. The van der Waals surface area contributed by atoms with Crippen LogP contribution in [0.5, 0.6) is 0 Å². The predicted molar refractivity (Wildman–Crippen MR) is 147 cm³/mol. The molecule has 3 aromatic rings. The minimum atomic E-state index is -3.58. The summed E-state index contributed by atoms with van der Waals surface area (Å²) in [6.45, 7) is 4.12. The van der Waals surface area contributed by atoms with Crippen LogP contribution < -0.4 is 9.62 Å². The third-order valence-corrected chi connectivity index (χ3v) is 8.38. The smallest absolute Gasteiger partial charge is 0.229 e. The maximum atomic E-state index is 14.0. The number of carbonyl (C=O) groups is 1. The fourth-order valence-electron chi connectivity index (χ4n) is 5.82. The summed E-state index contributed by atoms with van der Waals surface area (Å²) in [5.74, 6) is 0.547. The second-order valence-electron chi connectivity index (χ2n) is 10.4. The van der Waals surface area contributed by atoms with Crippen molar-refractivity contribution in [2.24, 2.45) is 5.92 Å². The van der Waals surface area contributed by atoms with E-state index >= 15 is 0 Å². The topological polar surface area (TPSA) is 96.7 Å². The predicted octanol–water partition coefficient (Wildman–Crippen LogP) is 5.60. The third kappa shape index (κ3) is 5.77. The average molecular weight is 544 g/mol. The van der Waals surface area contributed by atoms with E-state index in [2.05, 4.69) is 16.5 Å². The number of aryl methyl sites for hydroxylation is 1. The molecule has 0 radical (unpaired) electrons. The van der Waals surface area contributed by atoms with E-state index in [-0.39, 0.29) is 23.3 Å². The van der Waals surface area contributed by atoms with Crippen LogP contribution in [-0.4, -0.2) is 48.1 Å². The maximum Gasteiger partial charge on any atom is 0.229 e. The number of carbonyl (C=O) groups excluding carboxylic acids is 1. The molecule has 198 valence electrons. The van der Waals surface area contributed by atoms with Crippen LogP contribution in [0.15, 0.2) is 30.5 Å². The molecule has 2 aliphatic rings. The molecule has 1 saturated carbocycles. The van der Waals surface area contributed by atoms with E-state index in [4.69, 9.17) is 21.7 Å². The summed E-state index contributed by atoms with van der Waals surface area (Å²) in [6, 6.07) is 6.80. The van der Waals surface area contributed by atoms with Crippen molar-refractivity contribution in [1.29, 1.82) is 0 Å². The summed E-state index contributed by atoms with van der Waals surface area (Å²) < 4.78 is 28.3. The van der Waals surface area contributed by atoms with Crippen LogP contribution in [0.25, 0.3) is 5.65 Å². The lowest BCUT2D eigenvalue weighted by Gasteiger charge is -2.28. The number of halogens is 1. The Bertz CT molecular complexity index is 1410. The van der Waals surface area contributed by atoms with Crippen molar-refractivity contribution < 1.29 is 13.2 Å². The number of hydrogen-bond donors (Lipinski definition) is 1. The first-order chi connectivity index (χ1) is 17.7. The van der Waals surface area contributed by atoms with Gasteiger partial charge in [-0.15, -0.1) is 0 Å². The largest absolute Gasteiger partial charge is 0.356 e. The Morgan fingerprint density at radius 2 is 1.78 bits per heavy atom. The van der Waals surface area contributed by atoms with Gasteiger partial charge in [-0.05, 0) is 50.8 Å². The monoisotopic (exact) mass is 543 g/mol. The molecule has 1 aromatic carbocycles. The summed E-state index contributed by atoms with van der Waals surface area (Å²) in [5, 5.41) is 5.28. The second-order valence-corrected chi connectivity index (χ2v) is 12.6. The number of ketones is 1. The van der Waals surface area contributed by atoms with E-state index in [0.717, 1.165) is 80.6 Å². The van der Waals surface area contributed by atoms with Crippen molar-refractivity contribution in [3.8, 4) is 0 Å². The van der Waals surface area contributed by atoms with Crippen LogP contribution in [0.2, 0.25) is 5.02 Å². The molecule has 2 fully saturated rings. The molecule has 0 amide bonds. The normalized spacial score (nSPS) is 21.1. The van der Waals surface area contributed by atoms with E-state index in [1.165, 1.54) is 18.9 Å². The fourth-order valence-corrected chi connectivity index (χ4v) is 6.56. The van der Waals surface area contributed by atoms with Gasteiger partial charge in [-0.3, -0.25) is 9.52 Å². The number of rotatable bonds is 6. The highest BCUT2D eigenvalue weighted by Crippen LogP contribution is 2.39. The zero-order valence-electron chi connectivity index (χ0n) is 21.4. The van der Waals surface area contributed by atoms with Crippen molar-refractivity contribution in [2.75, 3.05) is 29.0 Å². The highest BCUT2D eigenvalue weighted by atomic mass is 35.5. The molecule has 2 atom stereocenters. The Morgan fingerprint density at radius 3 is 2.51 bits per heavy atom. The summed E-state index contributed by atoms with van der Waals surface area (Å²) >= 11 is 6.16. The molecule has 10 heteroatoms. The van der Waals surface area contributed by atoms with Crippen molar-refractivity contribution >= 4 is 44.6 Å². The molecule has 0 spiro atoms. The molecular formula is C27H34ClN5O3S. The Labute approximate surface area is 223 Å². The lowest BCUT2D eigenvalue weighted by Crippen LogP contribution is -2.26. The van der Waals surface area contributed by atoms with Crippen LogP contribution in [-0.2, 0) is 10.0 Å². The van der Waals surface area contributed by atoms with E-state index in [9.17, 15) is 13.2 Å². The quantitative estimate of drug-likeness (QED) is 0.406. The van der Waals surface area contributed by atoms with Gasteiger partial charge >= 0.3 is 0 Å². The average Bonchev–Trinajstić information content (AvgIpc) is 3.47. The lowest BCUT2D eigenvalue weighted by atomic mass is 9.76. The van der Waals surface area contributed by atoms with Gasteiger partial charge in [0.25, 0.3) is 0 Å². The van der Waals surface area contributed by atoms with Crippen LogP contribution >= 0.6 is 11.6 Å². The van der Waals surface area contributed by atoms with Crippen molar-refractivity contribution in [3.63, 3.8) is 0 Å². The van der Waals surface area contributed by atoms with Crippen LogP contribution in [0, 0.1) is 12.8 Å². The number of anilines is 2.